The predicted octanol–water partition coefficient (Wildman–Crippen LogP) is 3.22. The van der Waals surface area contributed by atoms with Gasteiger partial charge in [0.05, 0.1) is 5.60 Å². The average molecular weight is 258 g/mol. The van der Waals surface area contributed by atoms with Crippen LogP contribution in [0.2, 0.25) is 0 Å². The number of aromatic nitrogens is 1. The van der Waals surface area contributed by atoms with Crippen LogP contribution in [0.15, 0.2) is 30.5 Å². The van der Waals surface area contributed by atoms with Gasteiger partial charge in [-0.05, 0) is 55.8 Å². The minimum atomic E-state index is 0.0144. The Kier molecular flexibility index (Phi) is 3.33. The highest BCUT2D eigenvalue weighted by atomic mass is 16.5. The van der Waals surface area contributed by atoms with Crippen LogP contribution >= 0.6 is 0 Å². The second-order valence-corrected chi connectivity index (χ2v) is 6.08. The third-order valence-corrected chi connectivity index (χ3v) is 3.91. The molecule has 0 bridgehead atoms. The van der Waals surface area contributed by atoms with Gasteiger partial charge in [-0.15, -0.1) is 0 Å². The fourth-order valence-corrected chi connectivity index (χ4v) is 2.88. The lowest BCUT2D eigenvalue weighted by Gasteiger charge is -2.36. The molecule has 2 N–H and O–H groups in total. The van der Waals surface area contributed by atoms with Gasteiger partial charge in [0.25, 0.3) is 0 Å². The summed E-state index contributed by atoms with van der Waals surface area (Å²) in [6, 6.07) is 9.28. The summed E-state index contributed by atoms with van der Waals surface area (Å²) < 4.78 is 5.75. The molecule has 1 aliphatic rings. The van der Waals surface area contributed by atoms with Gasteiger partial charge in [-0.1, -0.05) is 6.07 Å². The molecule has 2 aromatic rings. The van der Waals surface area contributed by atoms with Crippen LogP contribution in [-0.4, -0.2) is 23.2 Å². The Labute approximate surface area is 114 Å². The Hall–Kier alpha value is -1.32. The molecule has 1 saturated heterocycles. The van der Waals surface area contributed by atoms with Crippen molar-refractivity contribution in [3.63, 3.8) is 0 Å². The van der Waals surface area contributed by atoms with Crippen molar-refractivity contribution >= 4 is 10.9 Å². The van der Waals surface area contributed by atoms with Gasteiger partial charge in [0.15, 0.2) is 0 Å². The van der Waals surface area contributed by atoms with E-state index >= 15 is 0 Å². The third-order valence-electron chi connectivity index (χ3n) is 3.91. The zero-order valence-corrected chi connectivity index (χ0v) is 11.7. The van der Waals surface area contributed by atoms with E-state index in [1.54, 1.807) is 0 Å². The van der Waals surface area contributed by atoms with Gasteiger partial charge in [0, 0.05) is 30.9 Å². The van der Waals surface area contributed by atoms with Gasteiger partial charge < -0.3 is 15.0 Å². The molecule has 1 aromatic heterocycles. The van der Waals surface area contributed by atoms with Gasteiger partial charge >= 0.3 is 0 Å². The SMILES string of the molecule is CC1(C)CC(NCc2ccc3[nH]ccc3c2)CCO1. The molecule has 102 valence electrons. The summed E-state index contributed by atoms with van der Waals surface area (Å²) in [7, 11) is 0. The Morgan fingerprint density at radius 2 is 2.26 bits per heavy atom. The summed E-state index contributed by atoms with van der Waals surface area (Å²) in [5, 5.41) is 4.94. The highest BCUT2D eigenvalue weighted by Gasteiger charge is 2.28. The number of hydrogen-bond acceptors (Lipinski definition) is 2. The number of fused-ring (bicyclic) bond motifs is 1. The lowest BCUT2D eigenvalue weighted by Crippen LogP contribution is -2.43. The summed E-state index contributed by atoms with van der Waals surface area (Å²) in [5.74, 6) is 0. The maximum absolute atomic E-state index is 5.75. The van der Waals surface area contributed by atoms with Gasteiger partial charge in [0.1, 0.15) is 0 Å². The van der Waals surface area contributed by atoms with Crippen LogP contribution in [0.25, 0.3) is 10.9 Å². The maximum atomic E-state index is 5.75. The van der Waals surface area contributed by atoms with Crippen molar-refractivity contribution in [2.75, 3.05) is 6.61 Å². The van der Waals surface area contributed by atoms with Crippen LogP contribution in [0.1, 0.15) is 32.3 Å². The van der Waals surface area contributed by atoms with E-state index in [-0.39, 0.29) is 5.60 Å². The number of nitrogens with one attached hydrogen (secondary N) is 2. The van der Waals surface area contributed by atoms with Crippen LogP contribution in [-0.2, 0) is 11.3 Å². The maximum Gasteiger partial charge on any atom is 0.0641 e. The summed E-state index contributed by atoms with van der Waals surface area (Å²) in [5.41, 5.74) is 2.56. The molecule has 1 aromatic carbocycles. The normalized spacial score (nSPS) is 22.7. The van der Waals surface area contributed by atoms with Crippen molar-refractivity contribution < 1.29 is 4.74 Å². The van der Waals surface area contributed by atoms with Crippen molar-refractivity contribution in [1.29, 1.82) is 0 Å². The first kappa shape index (κ1) is 12.7. The Bertz CT molecular complexity index is 559. The smallest absolute Gasteiger partial charge is 0.0641 e. The number of benzene rings is 1. The standard InChI is InChI=1S/C16H22N2O/c1-16(2)10-14(6-8-19-16)18-11-12-3-4-15-13(9-12)5-7-17-15/h3-5,7,9,14,17-18H,6,8,10-11H2,1-2H3. The third kappa shape index (κ3) is 2.99. The summed E-state index contributed by atoms with van der Waals surface area (Å²) >= 11 is 0. The van der Waals surface area contributed by atoms with Crippen LogP contribution < -0.4 is 5.32 Å². The number of aromatic amines is 1. The fourth-order valence-electron chi connectivity index (χ4n) is 2.88. The summed E-state index contributed by atoms with van der Waals surface area (Å²) in [6.07, 6.45) is 4.18. The van der Waals surface area contributed by atoms with Gasteiger partial charge in [0.2, 0.25) is 0 Å². The Morgan fingerprint density at radius 1 is 1.37 bits per heavy atom. The molecule has 1 unspecified atom stereocenters. The van der Waals surface area contributed by atoms with E-state index in [9.17, 15) is 0 Å². The van der Waals surface area contributed by atoms with Crippen LogP contribution in [0.5, 0.6) is 0 Å². The lowest BCUT2D eigenvalue weighted by atomic mass is 9.94. The molecule has 19 heavy (non-hydrogen) atoms. The van der Waals surface area contributed by atoms with E-state index in [0.717, 1.165) is 26.0 Å². The quantitative estimate of drug-likeness (QED) is 0.887. The van der Waals surface area contributed by atoms with E-state index in [1.165, 1.54) is 16.5 Å². The predicted molar refractivity (Wildman–Crippen MR) is 78.2 cm³/mol. The minimum absolute atomic E-state index is 0.0144. The first-order chi connectivity index (χ1) is 9.12. The van der Waals surface area contributed by atoms with Crippen molar-refractivity contribution in [1.82, 2.24) is 10.3 Å². The monoisotopic (exact) mass is 258 g/mol. The first-order valence-electron chi connectivity index (χ1n) is 7.06. The first-order valence-corrected chi connectivity index (χ1v) is 7.06. The molecule has 3 heteroatoms. The van der Waals surface area contributed by atoms with E-state index in [0.29, 0.717) is 6.04 Å². The zero-order chi connectivity index (χ0) is 13.3. The molecule has 1 aliphatic heterocycles. The molecule has 0 amide bonds. The minimum Gasteiger partial charge on any atom is -0.375 e. The highest BCUT2D eigenvalue weighted by molar-refractivity contribution is 5.79. The number of H-pyrrole nitrogens is 1. The van der Waals surface area contributed by atoms with Gasteiger partial charge in [-0.25, -0.2) is 0 Å². The van der Waals surface area contributed by atoms with Crippen molar-refractivity contribution in [3.05, 3.63) is 36.0 Å². The molecule has 1 atom stereocenters. The van der Waals surface area contributed by atoms with Crippen molar-refractivity contribution in [2.24, 2.45) is 0 Å². The summed E-state index contributed by atoms with van der Waals surface area (Å²) in [6.45, 7) is 6.14. The van der Waals surface area contributed by atoms with E-state index in [1.807, 2.05) is 6.20 Å². The molecule has 0 aliphatic carbocycles. The second kappa shape index (κ2) is 4.99. The molecule has 3 nitrogen and oxygen atoms in total. The van der Waals surface area contributed by atoms with Gasteiger partial charge in [-0.2, -0.15) is 0 Å². The molecule has 0 saturated carbocycles. The number of hydrogen-bond donors (Lipinski definition) is 2. The molecular formula is C16H22N2O. The second-order valence-electron chi connectivity index (χ2n) is 6.08. The van der Waals surface area contributed by atoms with Crippen LogP contribution in [0, 0.1) is 0 Å². The van der Waals surface area contributed by atoms with E-state index < -0.39 is 0 Å². The highest BCUT2D eigenvalue weighted by Crippen LogP contribution is 2.24. The van der Waals surface area contributed by atoms with Crippen molar-refractivity contribution in [3.8, 4) is 0 Å². The Morgan fingerprint density at radius 3 is 3.11 bits per heavy atom. The average Bonchev–Trinajstić information content (AvgIpc) is 2.82. The van der Waals surface area contributed by atoms with Crippen molar-refractivity contribution in [2.45, 2.75) is 44.9 Å². The Balaban J connectivity index is 1.62. The lowest BCUT2D eigenvalue weighted by molar-refractivity contribution is -0.0630. The summed E-state index contributed by atoms with van der Waals surface area (Å²) in [4.78, 5) is 3.23. The molecule has 0 radical (unpaired) electrons. The van der Waals surface area contributed by atoms with E-state index in [4.69, 9.17) is 4.74 Å². The topological polar surface area (TPSA) is 37.0 Å². The number of rotatable bonds is 3. The molecule has 0 spiro atoms. The zero-order valence-electron chi connectivity index (χ0n) is 11.7. The van der Waals surface area contributed by atoms with Crippen LogP contribution in [0.4, 0.5) is 0 Å². The molecule has 3 rings (SSSR count). The number of ether oxygens (including phenoxy) is 1. The molecule has 2 heterocycles. The largest absolute Gasteiger partial charge is 0.375 e. The fraction of sp³-hybridized carbons (Fsp3) is 0.500. The van der Waals surface area contributed by atoms with Crippen LogP contribution in [0.3, 0.4) is 0 Å². The molecule has 1 fully saturated rings. The van der Waals surface area contributed by atoms with E-state index in [2.05, 4.69) is 48.4 Å². The molecular weight excluding hydrogens is 236 g/mol. The van der Waals surface area contributed by atoms with Gasteiger partial charge in [-0.3, -0.25) is 0 Å².